The topological polar surface area (TPSA) is 115 Å². The Balaban J connectivity index is 1.38. The summed E-state index contributed by atoms with van der Waals surface area (Å²) < 4.78 is 37.6. The number of morpholine rings is 1. The van der Waals surface area contributed by atoms with Crippen molar-refractivity contribution in [2.45, 2.75) is 25.7 Å². The summed E-state index contributed by atoms with van der Waals surface area (Å²) in [5.74, 6) is -1.32. The van der Waals surface area contributed by atoms with Gasteiger partial charge < -0.3 is 9.47 Å². The van der Waals surface area contributed by atoms with Crippen molar-refractivity contribution in [2.75, 3.05) is 38.2 Å². The van der Waals surface area contributed by atoms with Crippen LogP contribution in [0.1, 0.15) is 27.0 Å². The van der Waals surface area contributed by atoms with Gasteiger partial charge in [-0.3, -0.25) is 10.1 Å². The Morgan fingerprint density at radius 3 is 2.50 bits per heavy atom. The molecule has 0 bridgehead atoms. The van der Waals surface area contributed by atoms with Gasteiger partial charge in [-0.2, -0.15) is 4.31 Å². The number of ether oxygens (including phenoxy) is 2. The first-order valence-electron chi connectivity index (χ1n) is 11.3. The molecule has 11 heteroatoms. The van der Waals surface area contributed by atoms with Crippen LogP contribution >= 0.6 is 11.3 Å². The number of hydrogen-bond acceptors (Lipinski definition) is 8. The Kier molecular flexibility index (Phi) is 7.84. The molecule has 1 fully saturated rings. The van der Waals surface area contributed by atoms with Gasteiger partial charge in [0.2, 0.25) is 10.0 Å². The van der Waals surface area contributed by atoms with Crippen molar-refractivity contribution in [3.05, 3.63) is 64.0 Å². The number of aromatic nitrogens is 1. The monoisotopic (exact) mass is 529 g/mol. The molecule has 1 saturated heterocycles. The lowest BCUT2D eigenvalue weighted by molar-refractivity contribution is -0.119. The van der Waals surface area contributed by atoms with Crippen molar-refractivity contribution in [1.29, 1.82) is 0 Å². The largest absolute Gasteiger partial charge is 0.452 e. The molecule has 9 nitrogen and oxygen atoms in total. The Morgan fingerprint density at radius 1 is 1.06 bits per heavy atom. The second-order valence-corrected chi connectivity index (χ2v) is 11.3. The number of aryl methyl sites for hydroxylation is 3. The molecule has 0 aliphatic carbocycles. The van der Waals surface area contributed by atoms with Gasteiger partial charge in [0.1, 0.15) is 0 Å². The molecular weight excluding hydrogens is 502 g/mol. The van der Waals surface area contributed by atoms with Crippen LogP contribution in [0.5, 0.6) is 0 Å². The standard InChI is InChI=1S/C25H27N3O6S2/c1-16-4-6-19(12-18(16)3)22-15-35-25(26-22)27-23(29)14-34-24(30)21-13-20(7-5-17(21)2)36(31,32)28-8-10-33-11-9-28/h4-7,12-13,15H,8-11,14H2,1-3H3,(H,26,27,29). The van der Waals surface area contributed by atoms with Gasteiger partial charge in [0.15, 0.2) is 11.7 Å². The third-order valence-corrected chi connectivity index (χ3v) is 8.58. The zero-order valence-electron chi connectivity index (χ0n) is 20.2. The summed E-state index contributed by atoms with van der Waals surface area (Å²) in [5, 5.41) is 4.87. The molecule has 36 heavy (non-hydrogen) atoms. The number of nitrogens with one attached hydrogen (secondary N) is 1. The van der Waals surface area contributed by atoms with Crippen LogP contribution in [0.15, 0.2) is 46.7 Å². The van der Waals surface area contributed by atoms with Crippen LogP contribution in [-0.2, 0) is 24.3 Å². The SMILES string of the molecule is Cc1ccc(-c2csc(NC(=O)COC(=O)c3cc(S(=O)(=O)N4CCOCC4)ccc3C)n2)cc1C. The molecular formula is C25H27N3O6S2. The molecule has 0 radical (unpaired) electrons. The quantitative estimate of drug-likeness (QED) is 0.466. The smallest absolute Gasteiger partial charge is 0.338 e. The fraction of sp³-hybridized carbons (Fsp3) is 0.320. The summed E-state index contributed by atoms with van der Waals surface area (Å²) in [5.41, 5.74) is 4.65. The minimum Gasteiger partial charge on any atom is -0.452 e. The second-order valence-electron chi connectivity index (χ2n) is 8.45. The third kappa shape index (κ3) is 5.81. The van der Waals surface area contributed by atoms with E-state index in [-0.39, 0.29) is 23.5 Å². The maximum absolute atomic E-state index is 12.9. The summed E-state index contributed by atoms with van der Waals surface area (Å²) >= 11 is 1.27. The number of nitrogens with zero attached hydrogens (tertiary/aromatic N) is 2. The van der Waals surface area contributed by atoms with Crippen molar-refractivity contribution in [3.8, 4) is 11.3 Å². The second kappa shape index (κ2) is 10.9. The zero-order chi connectivity index (χ0) is 25.9. The molecule has 1 aliphatic heterocycles. The molecule has 2 heterocycles. The van der Waals surface area contributed by atoms with Crippen LogP contribution in [-0.4, -0.2) is 62.5 Å². The fourth-order valence-electron chi connectivity index (χ4n) is 3.65. The zero-order valence-corrected chi connectivity index (χ0v) is 21.9. The highest BCUT2D eigenvalue weighted by Gasteiger charge is 2.27. The normalized spacial score (nSPS) is 14.4. The van der Waals surface area contributed by atoms with Crippen LogP contribution in [0.4, 0.5) is 5.13 Å². The van der Waals surface area contributed by atoms with Crippen LogP contribution in [0.3, 0.4) is 0 Å². The number of esters is 1. The van der Waals surface area contributed by atoms with Gasteiger partial charge in [0.25, 0.3) is 5.91 Å². The molecule has 0 spiro atoms. The van der Waals surface area contributed by atoms with Crippen LogP contribution in [0.2, 0.25) is 0 Å². The predicted molar refractivity (Wildman–Crippen MR) is 137 cm³/mol. The first-order chi connectivity index (χ1) is 17.1. The van der Waals surface area contributed by atoms with Crippen LogP contribution in [0, 0.1) is 20.8 Å². The number of thiazole rings is 1. The molecule has 3 aromatic rings. The number of benzene rings is 2. The Hall–Kier alpha value is -3.12. The number of sulfonamides is 1. The highest BCUT2D eigenvalue weighted by Crippen LogP contribution is 2.26. The molecule has 4 rings (SSSR count). The van der Waals surface area contributed by atoms with Crippen molar-refractivity contribution >= 4 is 38.4 Å². The van der Waals surface area contributed by atoms with E-state index in [2.05, 4.69) is 10.3 Å². The van der Waals surface area contributed by atoms with E-state index < -0.39 is 28.5 Å². The van der Waals surface area contributed by atoms with Gasteiger partial charge in [-0.15, -0.1) is 11.3 Å². The van der Waals surface area contributed by atoms with E-state index >= 15 is 0 Å². The Labute approximate surface area is 214 Å². The van der Waals surface area contributed by atoms with Gasteiger partial charge in [0.05, 0.1) is 29.4 Å². The average molecular weight is 530 g/mol. The summed E-state index contributed by atoms with van der Waals surface area (Å²) in [4.78, 5) is 29.5. The van der Waals surface area contributed by atoms with Crippen molar-refractivity contribution < 1.29 is 27.5 Å². The van der Waals surface area contributed by atoms with Crippen LogP contribution < -0.4 is 5.32 Å². The predicted octanol–water partition coefficient (Wildman–Crippen LogP) is 3.55. The molecule has 2 aromatic carbocycles. The molecule has 0 saturated carbocycles. The first kappa shape index (κ1) is 26.0. The number of rotatable bonds is 7. The van der Waals surface area contributed by atoms with Crippen LogP contribution in [0.25, 0.3) is 11.3 Å². The molecule has 0 atom stereocenters. The van der Waals surface area contributed by atoms with Crippen molar-refractivity contribution in [2.24, 2.45) is 0 Å². The van der Waals surface area contributed by atoms with Gasteiger partial charge in [-0.05, 0) is 55.7 Å². The third-order valence-electron chi connectivity index (χ3n) is 5.92. The van der Waals surface area contributed by atoms with E-state index in [1.54, 1.807) is 13.0 Å². The number of amides is 1. The van der Waals surface area contributed by atoms with Gasteiger partial charge in [-0.25, -0.2) is 18.2 Å². The lowest BCUT2D eigenvalue weighted by Crippen LogP contribution is -2.40. The van der Waals surface area contributed by atoms with Gasteiger partial charge >= 0.3 is 5.97 Å². The summed E-state index contributed by atoms with van der Waals surface area (Å²) in [7, 11) is -3.77. The number of hydrogen-bond donors (Lipinski definition) is 1. The average Bonchev–Trinajstić information content (AvgIpc) is 3.33. The number of anilines is 1. The minimum absolute atomic E-state index is 0.00643. The molecule has 190 valence electrons. The van der Waals surface area contributed by atoms with Gasteiger partial charge in [-0.1, -0.05) is 18.2 Å². The minimum atomic E-state index is -3.77. The highest BCUT2D eigenvalue weighted by molar-refractivity contribution is 7.89. The molecule has 0 unspecified atom stereocenters. The Morgan fingerprint density at radius 2 is 1.78 bits per heavy atom. The molecule has 1 amide bonds. The van der Waals surface area contributed by atoms with E-state index in [1.165, 1.54) is 33.3 Å². The number of carbonyl (C=O) groups is 2. The van der Waals surface area contributed by atoms with E-state index in [1.807, 2.05) is 37.4 Å². The lowest BCUT2D eigenvalue weighted by Gasteiger charge is -2.26. The fourth-order valence-corrected chi connectivity index (χ4v) is 5.82. The lowest BCUT2D eigenvalue weighted by atomic mass is 10.1. The summed E-state index contributed by atoms with van der Waals surface area (Å²) in [6.07, 6.45) is 0. The van der Waals surface area contributed by atoms with E-state index in [4.69, 9.17) is 9.47 Å². The number of carbonyl (C=O) groups excluding carboxylic acids is 2. The summed E-state index contributed by atoms with van der Waals surface area (Å²) in [6.45, 7) is 6.34. The Bertz CT molecular complexity index is 1390. The molecule has 1 N–H and O–H groups in total. The van der Waals surface area contributed by atoms with Gasteiger partial charge in [0, 0.05) is 24.0 Å². The van der Waals surface area contributed by atoms with E-state index in [0.29, 0.717) is 23.9 Å². The van der Waals surface area contributed by atoms with Crippen molar-refractivity contribution in [1.82, 2.24) is 9.29 Å². The molecule has 1 aromatic heterocycles. The molecule has 1 aliphatic rings. The maximum atomic E-state index is 12.9. The van der Waals surface area contributed by atoms with Crippen molar-refractivity contribution in [3.63, 3.8) is 0 Å². The summed E-state index contributed by atoms with van der Waals surface area (Å²) in [6, 6.07) is 10.3. The maximum Gasteiger partial charge on any atom is 0.338 e. The first-order valence-corrected chi connectivity index (χ1v) is 13.7. The highest BCUT2D eigenvalue weighted by atomic mass is 32.2. The van der Waals surface area contributed by atoms with E-state index in [9.17, 15) is 18.0 Å². The van der Waals surface area contributed by atoms with E-state index in [0.717, 1.165) is 16.8 Å².